The molecule has 0 saturated carbocycles. The summed E-state index contributed by atoms with van der Waals surface area (Å²) in [5, 5.41) is 0. The average molecular weight is 411 g/mol. The van der Waals surface area contributed by atoms with Crippen LogP contribution >= 0.6 is 11.8 Å². The molecule has 0 bridgehead atoms. The van der Waals surface area contributed by atoms with Gasteiger partial charge >= 0.3 is 0 Å². The molecule has 0 nitrogen and oxygen atoms in total. The summed E-state index contributed by atoms with van der Waals surface area (Å²) in [6.45, 7) is 0. The van der Waals surface area contributed by atoms with Gasteiger partial charge in [0.05, 0.1) is 0 Å². The largest absolute Gasteiger partial charge is 0.162 e. The van der Waals surface area contributed by atoms with Gasteiger partial charge in [0, 0.05) is 0 Å². The summed E-state index contributed by atoms with van der Waals surface area (Å²) in [5.41, 5.74) is 2.99. The molecule has 0 heterocycles. The monoisotopic (exact) mass is 410 g/mol. The minimum atomic E-state index is 1.25. The smallest absolute Gasteiger partial charge is 0.00675 e. The molecule has 29 heavy (non-hydrogen) atoms. The molecule has 0 amide bonds. The van der Waals surface area contributed by atoms with Crippen molar-refractivity contribution >= 4 is 11.8 Å². The van der Waals surface area contributed by atoms with Gasteiger partial charge in [-0.2, -0.15) is 11.8 Å². The first-order chi connectivity index (χ1) is 14.4. The average Bonchev–Trinajstić information content (AvgIpc) is 2.77. The fourth-order valence-corrected chi connectivity index (χ4v) is 4.89. The first kappa shape index (κ1) is 24.1. The number of benzene rings is 2. The van der Waals surface area contributed by atoms with Crippen LogP contribution in [-0.2, 0) is 12.8 Å². The number of hydrogen-bond acceptors (Lipinski definition) is 1. The van der Waals surface area contributed by atoms with Crippen LogP contribution in [0, 0.1) is 0 Å². The molecule has 0 radical (unpaired) electrons. The summed E-state index contributed by atoms with van der Waals surface area (Å²) in [7, 11) is 0. The Labute approximate surface area is 184 Å². The molecular formula is C28H42S. The van der Waals surface area contributed by atoms with Crippen LogP contribution < -0.4 is 0 Å². The molecule has 0 spiro atoms. The van der Waals surface area contributed by atoms with Crippen LogP contribution in [0.25, 0.3) is 0 Å². The number of hydrogen-bond donors (Lipinski definition) is 0. The van der Waals surface area contributed by atoms with Gasteiger partial charge in [-0.05, 0) is 61.2 Å². The van der Waals surface area contributed by atoms with Gasteiger partial charge in [0.25, 0.3) is 0 Å². The molecule has 0 atom stereocenters. The SMILES string of the molecule is c1ccc(CCCCCCCCSCCCCCCCCc2ccccc2)cc1. The van der Waals surface area contributed by atoms with Gasteiger partial charge in [-0.25, -0.2) is 0 Å². The third-order valence-electron chi connectivity index (χ3n) is 5.69. The lowest BCUT2D eigenvalue weighted by atomic mass is 10.1. The predicted molar refractivity (Wildman–Crippen MR) is 133 cm³/mol. The van der Waals surface area contributed by atoms with Crippen molar-refractivity contribution < 1.29 is 0 Å². The maximum atomic E-state index is 2.25. The fraction of sp³-hybridized carbons (Fsp3) is 0.571. The summed E-state index contributed by atoms with van der Waals surface area (Å²) in [4.78, 5) is 0. The second-order valence-electron chi connectivity index (χ2n) is 8.33. The molecule has 0 N–H and O–H groups in total. The van der Waals surface area contributed by atoms with Crippen LogP contribution in [0.1, 0.15) is 88.2 Å². The Balaban J connectivity index is 1.24. The minimum absolute atomic E-state index is 1.25. The molecule has 2 rings (SSSR count). The van der Waals surface area contributed by atoms with Crippen molar-refractivity contribution in [2.45, 2.75) is 89.9 Å². The topological polar surface area (TPSA) is 0 Å². The van der Waals surface area contributed by atoms with Crippen molar-refractivity contribution in [3.05, 3.63) is 71.8 Å². The second kappa shape index (κ2) is 17.6. The van der Waals surface area contributed by atoms with E-state index in [1.165, 1.54) is 113 Å². The zero-order valence-corrected chi connectivity index (χ0v) is 19.3. The summed E-state index contributed by atoms with van der Waals surface area (Å²) < 4.78 is 0. The first-order valence-electron chi connectivity index (χ1n) is 12.1. The molecule has 0 aliphatic carbocycles. The maximum absolute atomic E-state index is 2.25. The van der Waals surface area contributed by atoms with E-state index in [-0.39, 0.29) is 0 Å². The third-order valence-corrected chi connectivity index (χ3v) is 6.85. The van der Waals surface area contributed by atoms with E-state index in [1.54, 1.807) is 0 Å². The zero-order chi connectivity index (χ0) is 20.2. The van der Waals surface area contributed by atoms with Gasteiger partial charge in [-0.15, -0.1) is 0 Å². The lowest BCUT2D eigenvalue weighted by molar-refractivity contribution is 0.607. The van der Waals surface area contributed by atoms with Gasteiger partial charge in [0.15, 0.2) is 0 Å². The Morgan fingerprint density at radius 2 is 0.724 bits per heavy atom. The Morgan fingerprint density at radius 3 is 1.14 bits per heavy atom. The van der Waals surface area contributed by atoms with Gasteiger partial charge in [-0.1, -0.05) is 112 Å². The molecule has 2 aromatic carbocycles. The van der Waals surface area contributed by atoms with Gasteiger partial charge in [0.2, 0.25) is 0 Å². The van der Waals surface area contributed by atoms with E-state index < -0.39 is 0 Å². The fourth-order valence-electron chi connectivity index (χ4n) is 3.87. The molecule has 160 valence electrons. The highest BCUT2D eigenvalue weighted by atomic mass is 32.2. The van der Waals surface area contributed by atoms with E-state index in [9.17, 15) is 0 Å². The van der Waals surface area contributed by atoms with E-state index in [4.69, 9.17) is 0 Å². The van der Waals surface area contributed by atoms with Crippen molar-refractivity contribution in [1.82, 2.24) is 0 Å². The first-order valence-corrected chi connectivity index (χ1v) is 13.3. The molecular weight excluding hydrogens is 368 g/mol. The van der Waals surface area contributed by atoms with Crippen molar-refractivity contribution in [1.29, 1.82) is 0 Å². The Kier molecular flexibility index (Phi) is 14.6. The number of unbranched alkanes of at least 4 members (excludes halogenated alkanes) is 10. The quantitative estimate of drug-likeness (QED) is 0.221. The highest BCUT2D eigenvalue weighted by molar-refractivity contribution is 7.99. The third kappa shape index (κ3) is 13.6. The maximum Gasteiger partial charge on any atom is -0.00675 e. The Morgan fingerprint density at radius 1 is 0.379 bits per heavy atom. The van der Waals surface area contributed by atoms with Crippen LogP contribution in [0.2, 0.25) is 0 Å². The Bertz CT molecular complexity index is 524. The summed E-state index contributed by atoms with van der Waals surface area (Å²) in [6, 6.07) is 21.8. The lowest BCUT2D eigenvalue weighted by Crippen LogP contribution is -1.88. The number of aryl methyl sites for hydroxylation is 2. The molecule has 0 fully saturated rings. The van der Waals surface area contributed by atoms with Crippen molar-refractivity contribution in [3.63, 3.8) is 0 Å². The summed E-state index contributed by atoms with van der Waals surface area (Å²) in [6.07, 6.45) is 19.4. The molecule has 0 unspecified atom stereocenters. The van der Waals surface area contributed by atoms with Gasteiger partial charge in [-0.3, -0.25) is 0 Å². The lowest BCUT2D eigenvalue weighted by Gasteiger charge is -2.04. The van der Waals surface area contributed by atoms with Crippen LogP contribution in [-0.4, -0.2) is 11.5 Å². The Hall–Kier alpha value is -1.21. The summed E-state index contributed by atoms with van der Waals surface area (Å²) in [5.74, 6) is 2.75. The molecule has 0 aliphatic rings. The predicted octanol–water partition coefficient (Wildman–Crippen LogP) is 8.89. The van der Waals surface area contributed by atoms with E-state index in [0.29, 0.717) is 0 Å². The zero-order valence-electron chi connectivity index (χ0n) is 18.5. The van der Waals surface area contributed by atoms with E-state index >= 15 is 0 Å². The van der Waals surface area contributed by atoms with Crippen LogP contribution in [0.4, 0.5) is 0 Å². The van der Waals surface area contributed by atoms with Crippen molar-refractivity contribution in [2.24, 2.45) is 0 Å². The normalized spacial score (nSPS) is 11.0. The highest BCUT2D eigenvalue weighted by Crippen LogP contribution is 2.14. The second-order valence-corrected chi connectivity index (χ2v) is 9.55. The number of rotatable bonds is 18. The molecule has 0 aromatic heterocycles. The summed E-state index contributed by atoms with van der Waals surface area (Å²) >= 11 is 2.18. The highest BCUT2D eigenvalue weighted by Gasteiger charge is 1.96. The van der Waals surface area contributed by atoms with E-state index in [2.05, 4.69) is 72.4 Å². The standard InChI is InChI=1S/C28H42S/c1(5-11-19-27-21-13-9-14-22-27)3-7-17-25-29-26-18-8-4-2-6-12-20-28-23-15-10-16-24-28/h9-10,13-16,21-24H,1-8,11-12,17-20,25-26H2. The van der Waals surface area contributed by atoms with Crippen molar-refractivity contribution in [3.8, 4) is 0 Å². The molecule has 0 saturated heterocycles. The van der Waals surface area contributed by atoms with Crippen LogP contribution in [0.3, 0.4) is 0 Å². The van der Waals surface area contributed by atoms with Crippen LogP contribution in [0.5, 0.6) is 0 Å². The number of thioether (sulfide) groups is 1. The van der Waals surface area contributed by atoms with Gasteiger partial charge < -0.3 is 0 Å². The molecule has 1 heteroatoms. The van der Waals surface area contributed by atoms with Crippen LogP contribution in [0.15, 0.2) is 60.7 Å². The van der Waals surface area contributed by atoms with Crippen molar-refractivity contribution in [2.75, 3.05) is 11.5 Å². The van der Waals surface area contributed by atoms with Gasteiger partial charge in [0.1, 0.15) is 0 Å². The molecule has 2 aromatic rings. The minimum Gasteiger partial charge on any atom is -0.162 e. The molecule has 0 aliphatic heterocycles. The van der Waals surface area contributed by atoms with E-state index in [0.717, 1.165) is 0 Å². The van der Waals surface area contributed by atoms with E-state index in [1.807, 2.05) is 0 Å².